The predicted octanol–water partition coefficient (Wildman–Crippen LogP) is -1.98. The second-order valence-corrected chi connectivity index (χ2v) is 3.33. The summed E-state index contributed by atoms with van der Waals surface area (Å²) in [6.07, 6.45) is -0.109. The maximum Gasteiger partial charge on any atom is 0.325 e. The highest BCUT2D eigenvalue weighted by Gasteiger charge is 2.29. The number of hydrogen-bond acceptors (Lipinski definition) is 5. The van der Waals surface area contributed by atoms with Crippen molar-refractivity contribution in [3.8, 4) is 0 Å². The zero-order valence-electron chi connectivity index (χ0n) is 7.62. The Morgan fingerprint density at radius 2 is 2.29 bits per heavy atom. The number of piperazine rings is 1. The Bertz CT molecular complexity index is 242. The van der Waals surface area contributed by atoms with E-state index in [1.807, 2.05) is 0 Å². The fourth-order valence-corrected chi connectivity index (χ4v) is 1.26. The monoisotopic (exact) mass is 200 g/mol. The lowest BCUT2D eigenvalue weighted by Crippen LogP contribution is -2.56. The molecular formula is C8H12N2O4. The first-order valence-corrected chi connectivity index (χ1v) is 4.54. The van der Waals surface area contributed by atoms with Crippen LogP contribution >= 0.6 is 0 Å². The van der Waals surface area contributed by atoms with E-state index in [1.165, 1.54) is 0 Å². The number of amides is 1. The first-order chi connectivity index (χ1) is 6.75. The van der Waals surface area contributed by atoms with Crippen LogP contribution in [0.1, 0.15) is 0 Å². The molecule has 0 spiro atoms. The molecule has 0 radical (unpaired) electrons. The summed E-state index contributed by atoms with van der Waals surface area (Å²) in [6.45, 7) is 1.42. The molecule has 0 bridgehead atoms. The Hall–Kier alpha value is -1.14. The standard InChI is InChI=1S/C8H12N2O4/c11-7-2-9-6(1-10-7)8(12)14-5-3-13-4-5/h5-6,9H,1-4H2,(H,10,11). The molecular weight excluding hydrogens is 188 g/mol. The Morgan fingerprint density at radius 1 is 1.50 bits per heavy atom. The second kappa shape index (κ2) is 3.93. The highest BCUT2D eigenvalue weighted by molar-refractivity contribution is 5.84. The molecule has 78 valence electrons. The van der Waals surface area contributed by atoms with Gasteiger partial charge in [-0.2, -0.15) is 0 Å². The van der Waals surface area contributed by atoms with E-state index in [9.17, 15) is 9.59 Å². The minimum atomic E-state index is -0.423. The van der Waals surface area contributed by atoms with Gasteiger partial charge in [0.15, 0.2) is 0 Å². The Labute approximate surface area is 80.9 Å². The molecule has 0 aromatic rings. The van der Waals surface area contributed by atoms with Crippen molar-refractivity contribution >= 4 is 11.9 Å². The van der Waals surface area contributed by atoms with Gasteiger partial charge < -0.3 is 14.8 Å². The van der Waals surface area contributed by atoms with E-state index >= 15 is 0 Å². The van der Waals surface area contributed by atoms with E-state index in [0.29, 0.717) is 19.8 Å². The molecule has 0 aromatic heterocycles. The van der Waals surface area contributed by atoms with Crippen LogP contribution in [-0.2, 0) is 19.1 Å². The number of ether oxygens (including phenoxy) is 2. The van der Waals surface area contributed by atoms with Gasteiger partial charge >= 0.3 is 5.97 Å². The van der Waals surface area contributed by atoms with Crippen LogP contribution < -0.4 is 10.6 Å². The van der Waals surface area contributed by atoms with Gasteiger partial charge in [-0.25, -0.2) is 0 Å². The number of esters is 1. The van der Waals surface area contributed by atoms with Gasteiger partial charge in [0.05, 0.1) is 19.8 Å². The summed E-state index contributed by atoms with van der Waals surface area (Å²) in [5.41, 5.74) is 0. The molecule has 2 saturated heterocycles. The Morgan fingerprint density at radius 3 is 2.79 bits per heavy atom. The van der Waals surface area contributed by atoms with Crippen LogP contribution in [0.15, 0.2) is 0 Å². The van der Waals surface area contributed by atoms with E-state index in [4.69, 9.17) is 9.47 Å². The van der Waals surface area contributed by atoms with Crippen molar-refractivity contribution in [2.45, 2.75) is 12.1 Å². The topological polar surface area (TPSA) is 76.7 Å². The zero-order chi connectivity index (χ0) is 9.97. The summed E-state index contributed by atoms with van der Waals surface area (Å²) in [7, 11) is 0. The predicted molar refractivity (Wildman–Crippen MR) is 45.5 cm³/mol. The van der Waals surface area contributed by atoms with E-state index < -0.39 is 6.04 Å². The van der Waals surface area contributed by atoms with E-state index in [2.05, 4.69) is 10.6 Å². The van der Waals surface area contributed by atoms with E-state index in [0.717, 1.165) is 0 Å². The molecule has 2 fully saturated rings. The van der Waals surface area contributed by atoms with Gasteiger partial charge in [-0.15, -0.1) is 0 Å². The van der Waals surface area contributed by atoms with Gasteiger partial charge in [0.1, 0.15) is 12.1 Å². The number of carbonyl (C=O) groups excluding carboxylic acids is 2. The maximum absolute atomic E-state index is 11.4. The van der Waals surface area contributed by atoms with E-state index in [1.54, 1.807) is 0 Å². The van der Waals surface area contributed by atoms with Crippen molar-refractivity contribution in [2.24, 2.45) is 0 Å². The summed E-state index contributed by atoms with van der Waals surface area (Å²) < 4.78 is 9.96. The SMILES string of the molecule is O=C1CNC(C(=O)OC2COC2)CN1. The molecule has 2 aliphatic heterocycles. The summed E-state index contributed by atoms with van der Waals surface area (Å²) in [4.78, 5) is 22.2. The number of carbonyl (C=O) groups is 2. The quantitative estimate of drug-likeness (QED) is 0.505. The van der Waals surface area contributed by atoms with Crippen LogP contribution in [0, 0.1) is 0 Å². The zero-order valence-corrected chi connectivity index (χ0v) is 7.62. The molecule has 0 saturated carbocycles. The van der Waals surface area contributed by atoms with Gasteiger partial charge in [0, 0.05) is 6.54 Å². The minimum absolute atomic E-state index is 0.0963. The average Bonchev–Trinajstić information content (AvgIpc) is 2.12. The van der Waals surface area contributed by atoms with Gasteiger partial charge in [0.2, 0.25) is 5.91 Å². The highest BCUT2D eigenvalue weighted by Crippen LogP contribution is 2.06. The largest absolute Gasteiger partial charge is 0.456 e. The molecule has 6 nitrogen and oxygen atoms in total. The molecule has 1 unspecified atom stereocenters. The number of nitrogens with one attached hydrogen (secondary N) is 2. The van der Waals surface area contributed by atoms with Crippen LogP contribution in [0.3, 0.4) is 0 Å². The summed E-state index contributed by atoms with van der Waals surface area (Å²) in [6, 6.07) is -0.423. The second-order valence-electron chi connectivity index (χ2n) is 3.33. The molecule has 1 atom stereocenters. The molecule has 2 N–H and O–H groups in total. The normalized spacial score (nSPS) is 27.7. The van der Waals surface area contributed by atoms with Crippen LogP contribution in [0.25, 0.3) is 0 Å². The van der Waals surface area contributed by atoms with E-state index in [-0.39, 0.29) is 24.5 Å². The number of hydrogen-bond donors (Lipinski definition) is 2. The van der Waals surface area contributed by atoms with Crippen molar-refractivity contribution in [1.29, 1.82) is 0 Å². The molecule has 1 amide bonds. The fourth-order valence-electron chi connectivity index (χ4n) is 1.26. The average molecular weight is 200 g/mol. The minimum Gasteiger partial charge on any atom is -0.456 e. The first-order valence-electron chi connectivity index (χ1n) is 4.54. The van der Waals surface area contributed by atoms with Crippen molar-refractivity contribution in [1.82, 2.24) is 10.6 Å². The molecule has 2 rings (SSSR count). The Balaban J connectivity index is 1.76. The molecule has 2 heterocycles. The molecule has 14 heavy (non-hydrogen) atoms. The van der Waals surface area contributed by atoms with Gasteiger partial charge in [0.25, 0.3) is 0 Å². The third-order valence-electron chi connectivity index (χ3n) is 2.19. The van der Waals surface area contributed by atoms with Gasteiger partial charge in [-0.05, 0) is 0 Å². The van der Waals surface area contributed by atoms with Crippen molar-refractivity contribution < 1.29 is 19.1 Å². The van der Waals surface area contributed by atoms with Crippen molar-refractivity contribution in [3.05, 3.63) is 0 Å². The van der Waals surface area contributed by atoms with Crippen molar-refractivity contribution in [2.75, 3.05) is 26.3 Å². The highest BCUT2D eigenvalue weighted by atomic mass is 16.6. The summed E-state index contributed by atoms with van der Waals surface area (Å²) >= 11 is 0. The van der Waals surface area contributed by atoms with Crippen LogP contribution in [-0.4, -0.2) is 50.3 Å². The first kappa shape index (κ1) is 9.42. The van der Waals surface area contributed by atoms with Crippen molar-refractivity contribution in [3.63, 3.8) is 0 Å². The third-order valence-corrected chi connectivity index (χ3v) is 2.19. The maximum atomic E-state index is 11.4. The fraction of sp³-hybridized carbons (Fsp3) is 0.750. The van der Waals surface area contributed by atoms with Crippen LogP contribution in [0.5, 0.6) is 0 Å². The smallest absolute Gasteiger partial charge is 0.325 e. The lowest BCUT2D eigenvalue weighted by Gasteiger charge is -2.29. The van der Waals surface area contributed by atoms with Gasteiger partial charge in [-0.3, -0.25) is 14.9 Å². The lowest BCUT2D eigenvalue weighted by atomic mass is 10.2. The molecule has 0 aliphatic carbocycles. The Kier molecular flexibility index (Phi) is 2.64. The molecule has 2 aliphatic rings. The van der Waals surface area contributed by atoms with Crippen LogP contribution in [0.4, 0.5) is 0 Å². The number of rotatable bonds is 2. The van der Waals surface area contributed by atoms with Gasteiger partial charge in [-0.1, -0.05) is 0 Å². The summed E-state index contributed by atoms with van der Waals surface area (Å²) in [5.74, 6) is -0.417. The molecule has 0 aromatic carbocycles. The molecule has 6 heteroatoms. The van der Waals surface area contributed by atoms with Crippen LogP contribution in [0.2, 0.25) is 0 Å². The lowest BCUT2D eigenvalue weighted by molar-refractivity contribution is -0.174. The summed E-state index contributed by atoms with van der Waals surface area (Å²) in [5, 5.41) is 5.38. The third kappa shape index (κ3) is 2.02.